The average molecular weight is 273 g/mol. The molecule has 2 rings (SSSR count). The normalized spacial score (nSPS) is 29.4. The quantitative estimate of drug-likeness (QED) is 0.717. The van der Waals surface area contributed by atoms with Crippen molar-refractivity contribution in [1.29, 1.82) is 0 Å². The molecule has 0 aliphatic carbocycles. The molecule has 2 aliphatic heterocycles. The number of nitrogens with two attached hydrogens (primary N) is 1. The number of nitrogens with zero attached hydrogens (tertiary/aromatic N) is 1. The first kappa shape index (κ1) is 14.1. The minimum Gasteiger partial charge on any atom is -0.364 e. The van der Waals surface area contributed by atoms with Gasteiger partial charge in [-0.25, -0.2) is 0 Å². The summed E-state index contributed by atoms with van der Waals surface area (Å²) in [4.78, 5) is 14.2. The Morgan fingerprint density at radius 2 is 2.17 bits per heavy atom. The third-order valence-electron chi connectivity index (χ3n) is 3.49. The zero-order valence-electron chi connectivity index (χ0n) is 10.8. The summed E-state index contributed by atoms with van der Waals surface area (Å²) in [7, 11) is 0. The lowest BCUT2D eigenvalue weighted by molar-refractivity contribution is -0.131. The molecule has 5 nitrogen and oxygen atoms in total. The second-order valence-corrected chi connectivity index (χ2v) is 6.03. The van der Waals surface area contributed by atoms with Crippen LogP contribution in [0.25, 0.3) is 0 Å². The Bertz CT molecular complexity index is 272. The lowest BCUT2D eigenvalue weighted by Crippen LogP contribution is -2.42. The van der Waals surface area contributed by atoms with E-state index in [9.17, 15) is 4.79 Å². The molecule has 0 bridgehead atoms. The Labute approximate surface area is 113 Å². The monoisotopic (exact) mass is 273 g/mol. The molecule has 0 radical (unpaired) electrons. The highest BCUT2D eigenvalue weighted by Crippen LogP contribution is 2.18. The van der Waals surface area contributed by atoms with Crippen molar-refractivity contribution in [3.05, 3.63) is 0 Å². The Balaban J connectivity index is 1.60. The molecule has 3 N–H and O–H groups in total. The van der Waals surface area contributed by atoms with E-state index in [1.807, 2.05) is 11.8 Å². The van der Waals surface area contributed by atoms with E-state index >= 15 is 0 Å². The molecular weight excluding hydrogens is 250 g/mol. The van der Waals surface area contributed by atoms with Crippen LogP contribution in [0.4, 0.5) is 0 Å². The lowest BCUT2D eigenvalue weighted by Gasteiger charge is -2.26. The van der Waals surface area contributed by atoms with Gasteiger partial charge in [0.15, 0.2) is 0 Å². The van der Waals surface area contributed by atoms with E-state index in [0.717, 1.165) is 39.0 Å². The van der Waals surface area contributed by atoms with Crippen LogP contribution in [-0.4, -0.2) is 67.2 Å². The van der Waals surface area contributed by atoms with E-state index < -0.39 is 0 Å². The number of amides is 1. The first-order valence-electron chi connectivity index (χ1n) is 6.73. The molecular formula is C12H23N3O2S. The van der Waals surface area contributed by atoms with Crippen molar-refractivity contribution in [2.24, 2.45) is 5.73 Å². The van der Waals surface area contributed by atoms with Crippen LogP contribution in [0, 0.1) is 0 Å². The number of nitrogens with one attached hydrogen (secondary N) is 1. The molecule has 2 heterocycles. The molecule has 0 saturated carbocycles. The van der Waals surface area contributed by atoms with Crippen molar-refractivity contribution in [1.82, 2.24) is 10.2 Å². The zero-order chi connectivity index (χ0) is 12.8. The molecule has 0 spiro atoms. The molecule has 2 saturated heterocycles. The van der Waals surface area contributed by atoms with Crippen molar-refractivity contribution in [3.8, 4) is 0 Å². The number of hydrogen-bond acceptors (Lipinski definition) is 5. The van der Waals surface area contributed by atoms with Gasteiger partial charge < -0.3 is 15.8 Å². The van der Waals surface area contributed by atoms with Crippen LogP contribution in [-0.2, 0) is 9.53 Å². The largest absolute Gasteiger partial charge is 0.364 e. The van der Waals surface area contributed by atoms with E-state index in [4.69, 9.17) is 10.5 Å². The van der Waals surface area contributed by atoms with Crippen molar-refractivity contribution in [3.63, 3.8) is 0 Å². The highest BCUT2D eigenvalue weighted by molar-refractivity contribution is 7.99. The third kappa shape index (κ3) is 4.12. The van der Waals surface area contributed by atoms with E-state index in [2.05, 4.69) is 10.2 Å². The van der Waals surface area contributed by atoms with Crippen LogP contribution in [0.5, 0.6) is 0 Å². The van der Waals surface area contributed by atoms with Gasteiger partial charge in [-0.1, -0.05) is 0 Å². The topological polar surface area (TPSA) is 67.6 Å². The van der Waals surface area contributed by atoms with Gasteiger partial charge in [0.05, 0.1) is 6.10 Å². The minimum absolute atomic E-state index is 0.0253. The average Bonchev–Trinajstić information content (AvgIpc) is 2.89. The maximum Gasteiger partial charge on any atom is 0.249 e. The van der Waals surface area contributed by atoms with Crippen LogP contribution in [0.3, 0.4) is 0 Å². The number of carbonyl (C=O) groups excluding carboxylic acids is 1. The highest BCUT2D eigenvalue weighted by atomic mass is 32.2. The molecule has 1 amide bonds. The summed E-state index contributed by atoms with van der Waals surface area (Å²) in [6, 6.07) is 0. The van der Waals surface area contributed by atoms with Gasteiger partial charge in [-0.05, 0) is 12.8 Å². The van der Waals surface area contributed by atoms with Gasteiger partial charge in [-0.3, -0.25) is 9.69 Å². The molecule has 2 aliphatic rings. The van der Waals surface area contributed by atoms with Crippen molar-refractivity contribution >= 4 is 17.7 Å². The standard InChI is InChI=1S/C12H23N3O2S/c13-9-10-1-2-11(17-10)12(16)14-3-4-15-5-7-18-8-6-15/h10-11H,1-9,13H2,(H,14,16). The molecule has 104 valence electrons. The number of thioether (sulfide) groups is 1. The predicted molar refractivity (Wildman–Crippen MR) is 73.7 cm³/mol. The molecule has 2 unspecified atom stereocenters. The Morgan fingerprint density at radius 3 is 2.83 bits per heavy atom. The van der Waals surface area contributed by atoms with Crippen LogP contribution in [0.1, 0.15) is 12.8 Å². The van der Waals surface area contributed by atoms with E-state index in [1.54, 1.807) is 0 Å². The van der Waals surface area contributed by atoms with Crippen LogP contribution in [0.2, 0.25) is 0 Å². The summed E-state index contributed by atoms with van der Waals surface area (Å²) >= 11 is 2.00. The zero-order valence-corrected chi connectivity index (χ0v) is 11.6. The van der Waals surface area contributed by atoms with E-state index in [1.165, 1.54) is 11.5 Å². The maximum atomic E-state index is 11.8. The van der Waals surface area contributed by atoms with Gasteiger partial charge in [0, 0.05) is 44.2 Å². The fourth-order valence-electron chi connectivity index (χ4n) is 2.35. The van der Waals surface area contributed by atoms with E-state index in [0.29, 0.717) is 6.54 Å². The molecule has 6 heteroatoms. The summed E-state index contributed by atoms with van der Waals surface area (Å²) < 4.78 is 5.56. The molecule has 2 fully saturated rings. The van der Waals surface area contributed by atoms with Crippen LogP contribution >= 0.6 is 11.8 Å². The fourth-order valence-corrected chi connectivity index (χ4v) is 3.33. The van der Waals surface area contributed by atoms with Crippen molar-refractivity contribution in [2.75, 3.05) is 44.2 Å². The van der Waals surface area contributed by atoms with Crippen molar-refractivity contribution in [2.45, 2.75) is 25.0 Å². The smallest absolute Gasteiger partial charge is 0.249 e. The lowest BCUT2D eigenvalue weighted by atomic mass is 10.2. The SMILES string of the molecule is NCC1CCC(C(=O)NCCN2CCSCC2)O1. The van der Waals surface area contributed by atoms with Gasteiger partial charge in [0.1, 0.15) is 6.10 Å². The molecule has 0 aromatic rings. The predicted octanol–water partition coefficient (Wildman–Crippen LogP) is -0.342. The summed E-state index contributed by atoms with van der Waals surface area (Å²) in [5, 5.41) is 2.96. The molecule has 0 aromatic carbocycles. The molecule has 2 atom stereocenters. The van der Waals surface area contributed by atoms with Gasteiger partial charge in [-0.15, -0.1) is 0 Å². The number of hydrogen-bond donors (Lipinski definition) is 2. The maximum absolute atomic E-state index is 11.8. The summed E-state index contributed by atoms with van der Waals surface area (Å²) in [5.74, 6) is 2.44. The number of ether oxygens (including phenoxy) is 1. The second-order valence-electron chi connectivity index (χ2n) is 4.80. The molecule has 0 aromatic heterocycles. The van der Waals surface area contributed by atoms with Crippen LogP contribution in [0.15, 0.2) is 0 Å². The van der Waals surface area contributed by atoms with Gasteiger partial charge in [0.2, 0.25) is 5.91 Å². The second kappa shape index (κ2) is 7.33. The fraction of sp³-hybridized carbons (Fsp3) is 0.917. The van der Waals surface area contributed by atoms with Gasteiger partial charge in [0.25, 0.3) is 0 Å². The third-order valence-corrected chi connectivity index (χ3v) is 4.44. The van der Waals surface area contributed by atoms with Gasteiger partial charge >= 0.3 is 0 Å². The van der Waals surface area contributed by atoms with Crippen LogP contribution < -0.4 is 11.1 Å². The van der Waals surface area contributed by atoms with Gasteiger partial charge in [-0.2, -0.15) is 11.8 Å². The van der Waals surface area contributed by atoms with E-state index in [-0.39, 0.29) is 18.1 Å². The summed E-state index contributed by atoms with van der Waals surface area (Å²) in [5.41, 5.74) is 5.53. The highest BCUT2D eigenvalue weighted by Gasteiger charge is 2.29. The first-order valence-corrected chi connectivity index (χ1v) is 7.88. The Kier molecular flexibility index (Phi) is 5.75. The number of rotatable bonds is 5. The summed E-state index contributed by atoms with van der Waals surface area (Å²) in [6.45, 7) is 4.44. The minimum atomic E-state index is -0.282. The summed E-state index contributed by atoms with van der Waals surface area (Å²) in [6.07, 6.45) is 1.49. The Morgan fingerprint density at radius 1 is 1.39 bits per heavy atom. The van der Waals surface area contributed by atoms with Crippen molar-refractivity contribution < 1.29 is 9.53 Å². The number of carbonyl (C=O) groups is 1. The first-order chi connectivity index (χ1) is 8.79. The Hall–Kier alpha value is -0.300. The molecule has 18 heavy (non-hydrogen) atoms.